The van der Waals surface area contributed by atoms with Crippen molar-refractivity contribution in [1.82, 2.24) is 0 Å². The number of alkyl halides is 3. The average molecular weight is 337 g/mol. The molecule has 0 aromatic heterocycles. The molecule has 0 aliphatic carbocycles. The molecule has 2 aromatic rings. The Labute approximate surface area is 124 Å². The average Bonchev–Trinajstić information content (AvgIpc) is 2.39. The fraction of sp³-hybridized carbons (Fsp3) is 0.0769. The van der Waals surface area contributed by atoms with E-state index >= 15 is 0 Å². The summed E-state index contributed by atoms with van der Waals surface area (Å²) < 4.78 is 62.3. The summed E-state index contributed by atoms with van der Waals surface area (Å²) in [5.41, 5.74) is -4.17. The molecule has 0 aliphatic heterocycles. The molecule has 0 radical (unpaired) electrons. The summed E-state index contributed by atoms with van der Waals surface area (Å²) >= 11 is 5.99. The van der Waals surface area contributed by atoms with Gasteiger partial charge in [0, 0.05) is 10.6 Å². The lowest BCUT2D eigenvalue weighted by Crippen LogP contribution is -2.28. The molecule has 0 N–H and O–H groups in total. The third kappa shape index (κ3) is 3.48. The van der Waals surface area contributed by atoms with Crippen LogP contribution in [0.3, 0.4) is 0 Å². The maximum Gasteiger partial charge on any atom is 0.534 e. The van der Waals surface area contributed by atoms with E-state index in [9.17, 15) is 21.6 Å². The lowest BCUT2D eigenvalue weighted by Gasteiger charge is -2.10. The van der Waals surface area contributed by atoms with Crippen molar-refractivity contribution < 1.29 is 25.8 Å². The van der Waals surface area contributed by atoms with Crippen molar-refractivity contribution >= 4 is 21.7 Å². The van der Waals surface area contributed by atoms with Crippen LogP contribution < -0.4 is 4.18 Å². The standard InChI is InChI=1S/C13H8ClF3O3S/c14-12-4-2-1-3-11(12)9-5-7-10(8-6-9)20-21(18,19)13(15,16)17/h1-8H. The fourth-order valence-corrected chi connectivity index (χ4v) is 2.26. The van der Waals surface area contributed by atoms with Gasteiger partial charge in [-0.25, -0.2) is 0 Å². The van der Waals surface area contributed by atoms with Crippen LogP contribution in [0.25, 0.3) is 11.1 Å². The van der Waals surface area contributed by atoms with Gasteiger partial charge in [0.15, 0.2) is 0 Å². The second-order valence-corrected chi connectivity index (χ2v) is 5.93. The largest absolute Gasteiger partial charge is 0.534 e. The molecule has 0 unspecified atom stereocenters. The van der Waals surface area contributed by atoms with E-state index in [2.05, 4.69) is 4.18 Å². The lowest BCUT2D eigenvalue weighted by molar-refractivity contribution is -0.0500. The highest BCUT2D eigenvalue weighted by Crippen LogP contribution is 2.31. The van der Waals surface area contributed by atoms with Crippen LogP contribution in [-0.2, 0) is 10.1 Å². The summed E-state index contributed by atoms with van der Waals surface area (Å²) in [4.78, 5) is 0. The monoisotopic (exact) mass is 336 g/mol. The highest BCUT2D eigenvalue weighted by atomic mass is 35.5. The minimum absolute atomic E-state index is 0.428. The van der Waals surface area contributed by atoms with E-state index in [0.29, 0.717) is 16.1 Å². The van der Waals surface area contributed by atoms with Crippen molar-refractivity contribution in [1.29, 1.82) is 0 Å². The van der Waals surface area contributed by atoms with E-state index in [-0.39, 0.29) is 0 Å². The molecule has 2 rings (SSSR count). The van der Waals surface area contributed by atoms with Crippen molar-refractivity contribution in [2.75, 3.05) is 0 Å². The number of hydrogen-bond acceptors (Lipinski definition) is 3. The predicted molar refractivity (Wildman–Crippen MR) is 72.5 cm³/mol. The number of rotatable bonds is 3. The van der Waals surface area contributed by atoms with Crippen LogP contribution in [0.15, 0.2) is 48.5 Å². The van der Waals surface area contributed by atoms with Crippen LogP contribution in [0.1, 0.15) is 0 Å². The SMILES string of the molecule is O=S(=O)(Oc1ccc(-c2ccccc2Cl)cc1)C(F)(F)F. The van der Waals surface area contributed by atoms with Crippen LogP contribution in [-0.4, -0.2) is 13.9 Å². The highest BCUT2D eigenvalue weighted by Gasteiger charge is 2.48. The first kappa shape index (κ1) is 15.7. The highest BCUT2D eigenvalue weighted by molar-refractivity contribution is 7.88. The molecule has 112 valence electrons. The van der Waals surface area contributed by atoms with Crippen molar-refractivity contribution in [2.24, 2.45) is 0 Å². The van der Waals surface area contributed by atoms with E-state index in [1.165, 1.54) is 12.1 Å². The minimum Gasteiger partial charge on any atom is -0.376 e. The third-order valence-electron chi connectivity index (χ3n) is 2.53. The quantitative estimate of drug-likeness (QED) is 0.622. The van der Waals surface area contributed by atoms with Gasteiger partial charge in [-0.1, -0.05) is 41.9 Å². The molecular formula is C13H8ClF3O3S. The molecule has 0 saturated carbocycles. The van der Waals surface area contributed by atoms with Crippen molar-refractivity contribution in [2.45, 2.75) is 5.51 Å². The molecule has 0 saturated heterocycles. The zero-order valence-corrected chi connectivity index (χ0v) is 11.8. The van der Waals surface area contributed by atoms with Gasteiger partial charge in [-0.05, 0) is 23.8 Å². The van der Waals surface area contributed by atoms with E-state index in [4.69, 9.17) is 11.6 Å². The fourth-order valence-electron chi connectivity index (χ4n) is 1.56. The summed E-state index contributed by atoms with van der Waals surface area (Å²) in [6.45, 7) is 0. The van der Waals surface area contributed by atoms with Gasteiger partial charge >= 0.3 is 15.6 Å². The van der Waals surface area contributed by atoms with E-state index in [1.54, 1.807) is 24.3 Å². The van der Waals surface area contributed by atoms with Crippen LogP contribution in [0.2, 0.25) is 5.02 Å². The molecule has 0 amide bonds. The summed E-state index contributed by atoms with van der Waals surface area (Å²) in [5, 5.41) is 0.467. The summed E-state index contributed by atoms with van der Waals surface area (Å²) in [6.07, 6.45) is 0. The number of benzene rings is 2. The van der Waals surface area contributed by atoms with Crippen molar-refractivity contribution in [3.63, 3.8) is 0 Å². The zero-order chi connectivity index (χ0) is 15.7. The minimum atomic E-state index is -5.66. The van der Waals surface area contributed by atoms with Gasteiger partial charge in [-0.15, -0.1) is 0 Å². The van der Waals surface area contributed by atoms with Gasteiger partial charge in [0.05, 0.1) is 0 Å². The Hall–Kier alpha value is -1.73. The van der Waals surface area contributed by atoms with Crippen LogP contribution in [0, 0.1) is 0 Å². The van der Waals surface area contributed by atoms with E-state index in [0.717, 1.165) is 12.1 Å². The Morgan fingerprint density at radius 3 is 2.05 bits per heavy atom. The molecule has 21 heavy (non-hydrogen) atoms. The Morgan fingerprint density at radius 2 is 1.52 bits per heavy atom. The van der Waals surface area contributed by atoms with Gasteiger partial charge in [-0.3, -0.25) is 0 Å². The first-order valence-corrected chi connectivity index (χ1v) is 7.35. The Balaban J connectivity index is 2.27. The summed E-state index contributed by atoms with van der Waals surface area (Å²) in [5.74, 6) is -0.428. The lowest BCUT2D eigenvalue weighted by atomic mass is 10.1. The molecule has 0 heterocycles. The first-order valence-electron chi connectivity index (χ1n) is 5.56. The predicted octanol–water partition coefficient (Wildman–Crippen LogP) is 4.24. The summed E-state index contributed by atoms with van der Waals surface area (Å²) in [6, 6.07) is 12.0. The number of hydrogen-bond donors (Lipinski definition) is 0. The Morgan fingerprint density at radius 1 is 0.952 bits per heavy atom. The summed E-state index contributed by atoms with van der Waals surface area (Å²) in [7, 11) is -5.66. The Bertz CT molecular complexity index is 740. The van der Waals surface area contributed by atoms with Crippen molar-refractivity contribution in [3.05, 3.63) is 53.6 Å². The topological polar surface area (TPSA) is 43.4 Å². The second kappa shape index (κ2) is 5.57. The van der Waals surface area contributed by atoms with Gasteiger partial charge in [0.2, 0.25) is 0 Å². The number of halogens is 4. The smallest absolute Gasteiger partial charge is 0.376 e. The third-order valence-corrected chi connectivity index (χ3v) is 3.84. The normalized spacial score (nSPS) is 12.2. The molecule has 0 aliphatic rings. The zero-order valence-electron chi connectivity index (χ0n) is 10.3. The van der Waals surface area contributed by atoms with Crippen molar-refractivity contribution in [3.8, 4) is 16.9 Å². The molecule has 0 spiro atoms. The Kier molecular flexibility index (Phi) is 4.15. The van der Waals surface area contributed by atoms with Gasteiger partial charge in [-0.2, -0.15) is 21.6 Å². The molecule has 0 fully saturated rings. The van der Waals surface area contributed by atoms with Crippen LogP contribution >= 0.6 is 11.6 Å². The van der Waals surface area contributed by atoms with Gasteiger partial charge in [0.1, 0.15) is 5.75 Å². The molecule has 3 nitrogen and oxygen atoms in total. The van der Waals surface area contributed by atoms with Crippen LogP contribution in [0.5, 0.6) is 5.75 Å². The van der Waals surface area contributed by atoms with E-state index < -0.39 is 21.4 Å². The van der Waals surface area contributed by atoms with E-state index in [1.807, 2.05) is 0 Å². The molecule has 2 aromatic carbocycles. The second-order valence-electron chi connectivity index (χ2n) is 3.99. The maximum atomic E-state index is 12.2. The first-order chi connectivity index (χ1) is 9.71. The maximum absolute atomic E-state index is 12.2. The molecule has 0 atom stereocenters. The molecular weight excluding hydrogens is 329 g/mol. The molecule has 0 bridgehead atoms. The molecule has 8 heteroatoms. The van der Waals surface area contributed by atoms with Crippen LogP contribution in [0.4, 0.5) is 13.2 Å². The van der Waals surface area contributed by atoms with Gasteiger partial charge in [0.25, 0.3) is 0 Å². The van der Waals surface area contributed by atoms with Gasteiger partial charge < -0.3 is 4.18 Å².